The van der Waals surface area contributed by atoms with Gasteiger partial charge >= 0.3 is 0 Å². The minimum Gasteiger partial charge on any atom is -0.329 e. The lowest BCUT2D eigenvalue weighted by atomic mass is 10.1. The lowest BCUT2D eigenvalue weighted by Gasteiger charge is -2.32. The monoisotopic (exact) mass is 363 g/mol. The summed E-state index contributed by atoms with van der Waals surface area (Å²) in [6.07, 6.45) is 9.94. The van der Waals surface area contributed by atoms with E-state index in [1.165, 1.54) is 49.2 Å². The Morgan fingerprint density at radius 3 is 2.59 bits per heavy atom. The molecule has 1 aliphatic heterocycles. The molecular weight excluding hydrogens is 334 g/mol. The Balaban J connectivity index is 1.52. The van der Waals surface area contributed by atoms with Gasteiger partial charge in [0.25, 0.3) is 0 Å². The molecule has 3 heterocycles. The van der Waals surface area contributed by atoms with Crippen LogP contribution in [0.15, 0.2) is 49.1 Å². The SMILES string of the molecule is Cc1c(-c2cncn2C[C@H](C)N2CCCCC2)cnn1Cc1ccccc1. The highest BCUT2D eigenvalue weighted by molar-refractivity contribution is 5.61. The Hall–Kier alpha value is -2.40. The predicted molar refractivity (Wildman–Crippen MR) is 109 cm³/mol. The molecule has 5 heteroatoms. The maximum absolute atomic E-state index is 4.64. The summed E-state index contributed by atoms with van der Waals surface area (Å²) in [6, 6.07) is 11.0. The molecule has 0 radical (unpaired) electrons. The van der Waals surface area contributed by atoms with Gasteiger partial charge < -0.3 is 4.57 Å². The molecular formula is C22H29N5. The summed E-state index contributed by atoms with van der Waals surface area (Å²) in [5.74, 6) is 0. The largest absolute Gasteiger partial charge is 0.329 e. The van der Waals surface area contributed by atoms with Gasteiger partial charge in [-0.3, -0.25) is 9.58 Å². The molecule has 0 saturated carbocycles. The number of rotatable bonds is 6. The Labute approximate surface area is 161 Å². The highest BCUT2D eigenvalue weighted by Gasteiger charge is 2.19. The fraction of sp³-hybridized carbons (Fsp3) is 0.455. The van der Waals surface area contributed by atoms with Crippen LogP contribution in [0.5, 0.6) is 0 Å². The molecule has 0 bridgehead atoms. The van der Waals surface area contributed by atoms with Crippen molar-refractivity contribution in [1.82, 2.24) is 24.2 Å². The van der Waals surface area contributed by atoms with Crippen LogP contribution in [0.1, 0.15) is 37.4 Å². The minimum atomic E-state index is 0.526. The number of imidazole rings is 1. The van der Waals surface area contributed by atoms with Gasteiger partial charge in [-0.2, -0.15) is 5.10 Å². The van der Waals surface area contributed by atoms with Crippen LogP contribution in [0.25, 0.3) is 11.3 Å². The van der Waals surface area contributed by atoms with E-state index >= 15 is 0 Å². The van der Waals surface area contributed by atoms with Crippen molar-refractivity contribution in [2.45, 2.75) is 52.2 Å². The summed E-state index contributed by atoms with van der Waals surface area (Å²) < 4.78 is 4.37. The zero-order valence-electron chi connectivity index (χ0n) is 16.4. The van der Waals surface area contributed by atoms with E-state index in [-0.39, 0.29) is 0 Å². The summed E-state index contributed by atoms with van der Waals surface area (Å²) in [5, 5.41) is 4.64. The summed E-state index contributed by atoms with van der Waals surface area (Å²) >= 11 is 0. The Bertz CT molecular complexity index is 858. The van der Waals surface area contributed by atoms with Gasteiger partial charge in [0.05, 0.1) is 31.0 Å². The molecule has 0 spiro atoms. The van der Waals surface area contributed by atoms with Crippen molar-refractivity contribution in [2.75, 3.05) is 13.1 Å². The molecule has 27 heavy (non-hydrogen) atoms. The number of hydrogen-bond acceptors (Lipinski definition) is 3. The molecule has 1 atom stereocenters. The van der Waals surface area contributed by atoms with Crippen LogP contribution in [0.4, 0.5) is 0 Å². The molecule has 4 rings (SSSR count). The van der Waals surface area contributed by atoms with E-state index < -0.39 is 0 Å². The van der Waals surface area contributed by atoms with Crippen LogP contribution in [0, 0.1) is 6.92 Å². The normalized spacial score (nSPS) is 16.5. The van der Waals surface area contributed by atoms with E-state index in [2.05, 4.69) is 62.3 Å². The third kappa shape index (κ3) is 3.98. The van der Waals surface area contributed by atoms with E-state index in [9.17, 15) is 0 Å². The van der Waals surface area contributed by atoms with Gasteiger partial charge in [-0.15, -0.1) is 0 Å². The third-order valence-electron chi connectivity index (χ3n) is 5.74. The topological polar surface area (TPSA) is 38.9 Å². The van der Waals surface area contributed by atoms with Crippen LogP contribution < -0.4 is 0 Å². The Morgan fingerprint density at radius 2 is 1.81 bits per heavy atom. The molecule has 2 aromatic heterocycles. The fourth-order valence-electron chi connectivity index (χ4n) is 4.06. The molecule has 1 aromatic carbocycles. The fourth-order valence-corrected chi connectivity index (χ4v) is 4.06. The first kappa shape index (κ1) is 18.0. The maximum atomic E-state index is 4.64. The van der Waals surface area contributed by atoms with E-state index in [0.29, 0.717) is 6.04 Å². The second-order valence-electron chi connectivity index (χ2n) is 7.66. The number of benzene rings is 1. The van der Waals surface area contributed by atoms with Gasteiger partial charge in [-0.05, 0) is 45.3 Å². The van der Waals surface area contributed by atoms with Gasteiger partial charge in [0.1, 0.15) is 0 Å². The van der Waals surface area contributed by atoms with Gasteiger partial charge in [0, 0.05) is 23.8 Å². The average Bonchev–Trinajstić information content (AvgIpc) is 3.30. The first-order valence-electron chi connectivity index (χ1n) is 10.0. The molecule has 0 amide bonds. The predicted octanol–water partition coefficient (Wildman–Crippen LogP) is 3.98. The van der Waals surface area contributed by atoms with Crippen molar-refractivity contribution in [3.8, 4) is 11.3 Å². The summed E-state index contributed by atoms with van der Waals surface area (Å²) in [6.45, 7) is 8.69. The zero-order chi connectivity index (χ0) is 18.6. The molecule has 0 N–H and O–H groups in total. The third-order valence-corrected chi connectivity index (χ3v) is 5.74. The molecule has 3 aromatic rings. The number of nitrogens with zero attached hydrogens (tertiary/aromatic N) is 5. The summed E-state index contributed by atoms with van der Waals surface area (Å²) in [5.41, 5.74) is 4.79. The second-order valence-corrected chi connectivity index (χ2v) is 7.66. The number of piperidine rings is 1. The Kier molecular flexibility index (Phi) is 5.39. The van der Waals surface area contributed by atoms with Crippen molar-refractivity contribution < 1.29 is 0 Å². The van der Waals surface area contributed by atoms with E-state index in [1.807, 2.05) is 24.8 Å². The molecule has 1 aliphatic rings. The lowest BCUT2D eigenvalue weighted by Crippen LogP contribution is -2.39. The molecule has 5 nitrogen and oxygen atoms in total. The van der Waals surface area contributed by atoms with Crippen LogP contribution >= 0.6 is 0 Å². The van der Waals surface area contributed by atoms with E-state index in [1.54, 1.807) is 0 Å². The summed E-state index contributed by atoms with van der Waals surface area (Å²) in [7, 11) is 0. The van der Waals surface area contributed by atoms with Gasteiger partial charge in [-0.25, -0.2) is 4.98 Å². The van der Waals surface area contributed by atoms with Crippen molar-refractivity contribution in [3.63, 3.8) is 0 Å². The molecule has 0 aliphatic carbocycles. The van der Waals surface area contributed by atoms with Gasteiger partial charge in [0.15, 0.2) is 0 Å². The van der Waals surface area contributed by atoms with E-state index in [4.69, 9.17) is 0 Å². The standard InChI is InChI=1S/C22H29N5/c1-18(25-11-7-4-8-12-25)15-26-17-23-14-22(26)21-13-24-27(19(21)2)16-20-9-5-3-6-10-20/h3,5-6,9-10,13-14,17-18H,4,7-8,11-12,15-16H2,1-2H3/t18-/m0/s1. The highest BCUT2D eigenvalue weighted by atomic mass is 15.3. The minimum absolute atomic E-state index is 0.526. The van der Waals surface area contributed by atoms with E-state index in [0.717, 1.165) is 18.8 Å². The maximum Gasteiger partial charge on any atom is 0.0951 e. The van der Waals surface area contributed by atoms with Crippen LogP contribution in [-0.4, -0.2) is 43.4 Å². The first-order valence-corrected chi connectivity index (χ1v) is 10.0. The number of aromatic nitrogens is 4. The van der Waals surface area contributed by atoms with Gasteiger partial charge in [-0.1, -0.05) is 36.8 Å². The Morgan fingerprint density at radius 1 is 1.04 bits per heavy atom. The van der Waals surface area contributed by atoms with Crippen LogP contribution in [-0.2, 0) is 13.1 Å². The first-order chi connectivity index (χ1) is 13.2. The molecule has 142 valence electrons. The van der Waals surface area contributed by atoms with Crippen LogP contribution in [0.2, 0.25) is 0 Å². The van der Waals surface area contributed by atoms with Crippen molar-refractivity contribution in [2.24, 2.45) is 0 Å². The highest BCUT2D eigenvalue weighted by Crippen LogP contribution is 2.24. The van der Waals surface area contributed by atoms with Crippen molar-refractivity contribution >= 4 is 0 Å². The number of hydrogen-bond donors (Lipinski definition) is 0. The van der Waals surface area contributed by atoms with Crippen LogP contribution in [0.3, 0.4) is 0 Å². The lowest BCUT2D eigenvalue weighted by molar-refractivity contribution is 0.160. The zero-order valence-corrected chi connectivity index (χ0v) is 16.4. The summed E-state index contributed by atoms with van der Waals surface area (Å²) in [4.78, 5) is 7.05. The smallest absolute Gasteiger partial charge is 0.0951 e. The number of likely N-dealkylation sites (tertiary alicyclic amines) is 1. The quantitative estimate of drug-likeness (QED) is 0.665. The van der Waals surface area contributed by atoms with Crippen molar-refractivity contribution in [3.05, 3.63) is 60.3 Å². The molecule has 1 fully saturated rings. The average molecular weight is 364 g/mol. The van der Waals surface area contributed by atoms with Gasteiger partial charge in [0.2, 0.25) is 0 Å². The second kappa shape index (κ2) is 8.09. The van der Waals surface area contributed by atoms with Crippen molar-refractivity contribution in [1.29, 1.82) is 0 Å². The molecule has 0 unspecified atom stereocenters. The molecule has 1 saturated heterocycles.